The van der Waals surface area contributed by atoms with Crippen molar-refractivity contribution >= 4 is 23.6 Å². The van der Waals surface area contributed by atoms with E-state index in [0.717, 1.165) is 27.9 Å². The minimum absolute atomic E-state index is 0.0548. The van der Waals surface area contributed by atoms with Gasteiger partial charge in [-0.15, -0.1) is 0 Å². The third-order valence-electron chi connectivity index (χ3n) is 5.73. The summed E-state index contributed by atoms with van der Waals surface area (Å²) in [6.45, 7) is 6.20. The molecule has 0 aliphatic carbocycles. The molecule has 1 aliphatic heterocycles. The molecule has 8 nitrogen and oxygen atoms in total. The number of pyridine rings is 1. The maximum absolute atomic E-state index is 12.9. The van der Waals surface area contributed by atoms with Gasteiger partial charge in [-0.3, -0.25) is 4.79 Å². The first-order valence-corrected chi connectivity index (χ1v) is 11.9. The Morgan fingerprint density at radius 3 is 2.63 bits per heavy atom. The molecule has 0 fully saturated rings. The van der Waals surface area contributed by atoms with Crippen molar-refractivity contribution in [2.24, 2.45) is 0 Å². The number of amides is 2. The Labute approximate surface area is 209 Å². The minimum Gasteiger partial charge on any atom is -0.444 e. The maximum Gasteiger partial charge on any atom is 0.407 e. The van der Waals surface area contributed by atoms with Gasteiger partial charge in [-0.2, -0.15) is 0 Å². The highest BCUT2D eigenvalue weighted by Gasteiger charge is 2.31. The summed E-state index contributed by atoms with van der Waals surface area (Å²) in [7, 11) is 0. The minimum atomic E-state index is -0.578. The summed E-state index contributed by atoms with van der Waals surface area (Å²) < 4.78 is 7.37. The summed E-state index contributed by atoms with van der Waals surface area (Å²) in [5.41, 5.74) is 4.20. The zero-order valence-corrected chi connectivity index (χ0v) is 20.7. The van der Waals surface area contributed by atoms with E-state index in [9.17, 15) is 14.7 Å². The van der Waals surface area contributed by atoms with Crippen molar-refractivity contribution in [3.05, 3.63) is 65.1 Å². The molecule has 0 bridgehead atoms. The normalized spacial score (nSPS) is 15.3. The molecule has 1 aliphatic rings. The fourth-order valence-electron chi connectivity index (χ4n) is 4.21. The number of carbonyl (C=O) groups is 2. The van der Waals surface area contributed by atoms with E-state index >= 15 is 0 Å². The van der Waals surface area contributed by atoms with Crippen LogP contribution in [-0.4, -0.2) is 45.3 Å². The molecule has 184 valence electrons. The van der Waals surface area contributed by atoms with Gasteiger partial charge in [-0.05, 0) is 62.1 Å². The molecule has 0 saturated carbocycles. The Hall–Kier alpha value is -3.36. The molecule has 0 radical (unpaired) electrons. The van der Waals surface area contributed by atoms with Crippen LogP contribution in [0.3, 0.4) is 0 Å². The number of hydrogen-bond donors (Lipinski definition) is 3. The number of rotatable bonds is 6. The standard InChI is InChI=1S/C26H29ClN4O4/c1-26(2,3)35-25(34)29-11-9-19-14-30-24(33)21-13-20(18-8-10-28-22(27)12-18)23(31(19)21)17-6-4-16(15-32)5-7-17/h4-8,10,12-13,19,32H,9,11,14-15H2,1-3H3,(H,29,34)(H,30,33). The van der Waals surface area contributed by atoms with Gasteiger partial charge in [0.15, 0.2) is 0 Å². The highest BCUT2D eigenvalue weighted by Crippen LogP contribution is 2.39. The SMILES string of the molecule is CC(C)(C)OC(=O)NCCC1CNC(=O)c2cc(-c3ccnc(Cl)c3)c(-c3ccc(CO)cc3)n21. The Morgan fingerprint density at radius 2 is 1.97 bits per heavy atom. The number of aromatic nitrogens is 2. The van der Waals surface area contributed by atoms with Crippen LogP contribution in [0, 0.1) is 0 Å². The first kappa shape index (κ1) is 24.8. The first-order valence-electron chi connectivity index (χ1n) is 11.5. The topological polar surface area (TPSA) is 105 Å². The second-order valence-corrected chi connectivity index (χ2v) is 9.85. The molecule has 35 heavy (non-hydrogen) atoms. The number of fused-ring (bicyclic) bond motifs is 1. The van der Waals surface area contributed by atoms with Gasteiger partial charge in [0, 0.05) is 24.8 Å². The lowest BCUT2D eigenvalue weighted by Crippen LogP contribution is -2.41. The smallest absolute Gasteiger partial charge is 0.407 e. The number of aliphatic hydroxyl groups excluding tert-OH is 1. The van der Waals surface area contributed by atoms with Crippen LogP contribution in [0.1, 0.15) is 49.3 Å². The molecule has 3 heterocycles. The van der Waals surface area contributed by atoms with Crippen molar-refractivity contribution in [3.63, 3.8) is 0 Å². The molecule has 3 N–H and O–H groups in total. The summed E-state index contributed by atoms with van der Waals surface area (Å²) in [6, 6.07) is 13.0. The van der Waals surface area contributed by atoms with E-state index < -0.39 is 11.7 Å². The van der Waals surface area contributed by atoms with E-state index in [1.54, 1.807) is 12.3 Å². The Bertz CT molecular complexity index is 1230. The zero-order chi connectivity index (χ0) is 25.2. The number of nitrogens with one attached hydrogen (secondary N) is 2. The lowest BCUT2D eigenvalue weighted by molar-refractivity contribution is 0.0524. The van der Waals surface area contributed by atoms with Gasteiger partial charge in [0.25, 0.3) is 5.91 Å². The fourth-order valence-corrected chi connectivity index (χ4v) is 4.38. The van der Waals surface area contributed by atoms with Gasteiger partial charge in [0.1, 0.15) is 16.4 Å². The first-order chi connectivity index (χ1) is 16.7. The molecule has 0 saturated heterocycles. The number of nitrogens with zero attached hydrogens (tertiary/aromatic N) is 2. The highest BCUT2D eigenvalue weighted by atomic mass is 35.5. The number of aliphatic hydroxyl groups is 1. The van der Waals surface area contributed by atoms with Crippen molar-refractivity contribution in [1.29, 1.82) is 0 Å². The lowest BCUT2D eigenvalue weighted by Gasteiger charge is -2.29. The number of benzene rings is 1. The van der Waals surface area contributed by atoms with Crippen molar-refractivity contribution < 1.29 is 19.4 Å². The highest BCUT2D eigenvalue weighted by molar-refractivity contribution is 6.29. The van der Waals surface area contributed by atoms with Crippen LogP contribution >= 0.6 is 11.6 Å². The molecule has 1 atom stereocenters. The van der Waals surface area contributed by atoms with E-state index in [2.05, 4.69) is 15.6 Å². The third-order valence-corrected chi connectivity index (χ3v) is 5.93. The number of ether oxygens (including phenoxy) is 1. The average molecular weight is 497 g/mol. The van der Waals surface area contributed by atoms with Gasteiger partial charge in [0.2, 0.25) is 0 Å². The second kappa shape index (κ2) is 10.1. The number of hydrogen-bond acceptors (Lipinski definition) is 5. The van der Waals surface area contributed by atoms with Gasteiger partial charge in [0.05, 0.1) is 18.3 Å². The molecule has 0 spiro atoms. The molecule has 2 amide bonds. The molecule has 2 aromatic heterocycles. The lowest BCUT2D eigenvalue weighted by atomic mass is 10.0. The Kier molecular flexibility index (Phi) is 7.14. The van der Waals surface area contributed by atoms with Crippen molar-refractivity contribution in [3.8, 4) is 22.4 Å². The number of alkyl carbamates (subject to hydrolysis) is 1. The van der Waals surface area contributed by atoms with Crippen LogP contribution in [0.4, 0.5) is 4.79 Å². The van der Waals surface area contributed by atoms with Crippen LogP contribution in [0.2, 0.25) is 5.15 Å². The van der Waals surface area contributed by atoms with Crippen molar-refractivity contribution in [2.75, 3.05) is 13.1 Å². The van der Waals surface area contributed by atoms with E-state index in [0.29, 0.717) is 30.4 Å². The molecule has 1 aromatic carbocycles. The molecule has 9 heteroatoms. The van der Waals surface area contributed by atoms with Gasteiger partial charge in [-0.25, -0.2) is 9.78 Å². The third kappa shape index (κ3) is 5.66. The molecule has 3 aromatic rings. The van der Waals surface area contributed by atoms with E-state index in [1.807, 2.05) is 61.7 Å². The predicted molar refractivity (Wildman–Crippen MR) is 134 cm³/mol. The Balaban J connectivity index is 1.73. The molecule has 4 rings (SSSR count). The van der Waals surface area contributed by atoms with E-state index in [4.69, 9.17) is 16.3 Å². The van der Waals surface area contributed by atoms with E-state index in [-0.39, 0.29) is 18.6 Å². The quantitative estimate of drug-likeness (QED) is 0.434. The zero-order valence-electron chi connectivity index (χ0n) is 20.0. The van der Waals surface area contributed by atoms with Crippen LogP contribution < -0.4 is 10.6 Å². The predicted octanol–water partition coefficient (Wildman–Crippen LogP) is 4.56. The second-order valence-electron chi connectivity index (χ2n) is 9.47. The largest absolute Gasteiger partial charge is 0.444 e. The summed E-state index contributed by atoms with van der Waals surface area (Å²) >= 11 is 6.18. The summed E-state index contributed by atoms with van der Waals surface area (Å²) in [5, 5.41) is 15.6. The summed E-state index contributed by atoms with van der Waals surface area (Å²) in [4.78, 5) is 29.1. The fraction of sp³-hybridized carbons (Fsp3) is 0.346. The summed E-state index contributed by atoms with van der Waals surface area (Å²) in [5.74, 6) is -0.166. The van der Waals surface area contributed by atoms with Gasteiger partial charge >= 0.3 is 6.09 Å². The van der Waals surface area contributed by atoms with Gasteiger partial charge in [-0.1, -0.05) is 35.9 Å². The van der Waals surface area contributed by atoms with Crippen LogP contribution in [0.5, 0.6) is 0 Å². The molecule has 1 unspecified atom stereocenters. The van der Waals surface area contributed by atoms with Crippen LogP contribution in [-0.2, 0) is 11.3 Å². The monoisotopic (exact) mass is 496 g/mol. The van der Waals surface area contributed by atoms with E-state index in [1.165, 1.54) is 0 Å². The van der Waals surface area contributed by atoms with Crippen molar-refractivity contribution in [1.82, 2.24) is 20.2 Å². The molecular weight excluding hydrogens is 468 g/mol. The average Bonchev–Trinajstić information content (AvgIpc) is 3.21. The Morgan fingerprint density at radius 1 is 1.23 bits per heavy atom. The number of halogens is 1. The van der Waals surface area contributed by atoms with Crippen LogP contribution in [0.15, 0.2) is 48.7 Å². The van der Waals surface area contributed by atoms with Gasteiger partial charge < -0.3 is 25.0 Å². The van der Waals surface area contributed by atoms with Crippen LogP contribution in [0.25, 0.3) is 22.4 Å². The maximum atomic E-state index is 12.9. The molecular formula is C26H29ClN4O4. The van der Waals surface area contributed by atoms with Crippen molar-refractivity contribution in [2.45, 2.75) is 45.4 Å². The summed E-state index contributed by atoms with van der Waals surface area (Å²) in [6.07, 6.45) is 1.74. The number of carbonyl (C=O) groups excluding carboxylic acids is 2.